The molecule has 2 heterocycles. The van der Waals surface area contributed by atoms with Crippen molar-refractivity contribution in [3.8, 4) is 0 Å². The van der Waals surface area contributed by atoms with Gasteiger partial charge in [0.25, 0.3) is 0 Å². The first-order valence-corrected chi connectivity index (χ1v) is 8.64. The normalized spacial score (nSPS) is 39.2. The number of rotatable bonds is 3. The third kappa shape index (κ3) is 2.99. The summed E-state index contributed by atoms with van der Waals surface area (Å²) in [5.74, 6) is 3.70. The van der Waals surface area contributed by atoms with Crippen molar-refractivity contribution in [2.45, 2.75) is 50.6 Å². The molecular formula is C14H26N2S. The maximum atomic E-state index is 3.67. The van der Waals surface area contributed by atoms with Crippen LogP contribution in [0.1, 0.15) is 38.5 Å². The molecule has 98 valence electrons. The lowest BCUT2D eigenvalue weighted by Gasteiger charge is -2.33. The molecule has 1 aliphatic carbocycles. The van der Waals surface area contributed by atoms with Gasteiger partial charge in [-0.2, -0.15) is 11.8 Å². The van der Waals surface area contributed by atoms with Gasteiger partial charge in [0.05, 0.1) is 0 Å². The van der Waals surface area contributed by atoms with Gasteiger partial charge in [0, 0.05) is 30.1 Å². The van der Waals surface area contributed by atoms with Gasteiger partial charge in [0.1, 0.15) is 0 Å². The van der Waals surface area contributed by atoms with Crippen molar-refractivity contribution in [1.82, 2.24) is 10.2 Å². The molecule has 2 aliphatic heterocycles. The molecule has 3 aliphatic rings. The Morgan fingerprint density at radius 1 is 1.18 bits per heavy atom. The third-order valence-electron chi connectivity index (χ3n) is 4.89. The summed E-state index contributed by atoms with van der Waals surface area (Å²) in [5.41, 5.74) is 0. The Balaban J connectivity index is 1.45. The Labute approximate surface area is 110 Å². The Morgan fingerprint density at radius 2 is 2.12 bits per heavy atom. The SMILES string of the molecule is C1CCC2C(C1)CCN2CCC1CSCCN1. The van der Waals surface area contributed by atoms with Crippen molar-refractivity contribution >= 4 is 11.8 Å². The van der Waals surface area contributed by atoms with E-state index in [9.17, 15) is 0 Å². The van der Waals surface area contributed by atoms with Crippen molar-refractivity contribution < 1.29 is 0 Å². The minimum Gasteiger partial charge on any atom is -0.312 e. The van der Waals surface area contributed by atoms with Gasteiger partial charge in [0.2, 0.25) is 0 Å². The average Bonchev–Trinajstić information content (AvgIpc) is 2.81. The highest BCUT2D eigenvalue weighted by Crippen LogP contribution is 2.36. The molecule has 0 amide bonds. The fourth-order valence-electron chi connectivity index (χ4n) is 3.91. The first-order valence-electron chi connectivity index (χ1n) is 7.48. The van der Waals surface area contributed by atoms with Crippen molar-refractivity contribution in [3.05, 3.63) is 0 Å². The number of hydrogen-bond donors (Lipinski definition) is 1. The van der Waals surface area contributed by atoms with E-state index >= 15 is 0 Å². The number of hydrogen-bond acceptors (Lipinski definition) is 3. The minimum atomic E-state index is 0.788. The van der Waals surface area contributed by atoms with E-state index in [4.69, 9.17) is 0 Å². The van der Waals surface area contributed by atoms with Crippen LogP contribution < -0.4 is 5.32 Å². The second-order valence-corrected chi connectivity index (χ2v) is 7.10. The van der Waals surface area contributed by atoms with Crippen LogP contribution in [0.5, 0.6) is 0 Å². The molecule has 0 bridgehead atoms. The molecule has 17 heavy (non-hydrogen) atoms. The maximum absolute atomic E-state index is 3.67. The first kappa shape index (κ1) is 12.3. The highest BCUT2D eigenvalue weighted by Gasteiger charge is 2.35. The molecule has 3 fully saturated rings. The average molecular weight is 254 g/mol. The molecule has 0 aromatic rings. The van der Waals surface area contributed by atoms with Crippen LogP contribution in [0.4, 0.5) is 0 Å². The quantitative estimate of drug-likeness (QED) is 0.832. The summed E-state index contributed by atoms with van der Waals surface area (Å²) in [5, 5.41) is 3.67. The van der Waals surface area contributed by atoms with Crippen LogP contribution >= 0.6 is 11.8 Å². The van der Waals surface area contributed by atoms with Crippen molar-refractivity contribution in [2.75, 3.05) is 31.1 Å². The lowest BCUT2D eigenvalue weighted by atomic mass is 9.85. The highest BCUT2D eigenvalue weighted by molar-refractivity contribution is 7.99. The zero-order chi connectivity index (χ0) is 11.5. The van der Waals surface area contributed by atoms with E-state index in [-0.39, 0.29) is 0 Å². The van der Waals surface area contributed by atoms with Gasteiger partial charge in [-0.15, -0.1) is 0 Å². The van der Waals surface area contributed by atoms with E-state index < -0.39 is 0 Å². The molecule has 1 N–H and O–H groups in total. The van der Waals surface area contributed by atoms with E-state index in [0.717, 1.165) is 18.0 Å². The van der Waals surface area contributed by atoms with E-state index in [0.29, 0.717) is 0 Å². The first-order chi connectivity index (χ1) is 8.43. The van der Waals surface area contributed by atoms with Gasteiger partial charge < -0.3 is 10.2 Å². The second kappa shape index (κ2) is 5.94. The number of fused-ring (bicyclic) bond motifs is 1. The van der Waals surface area contributed by atoms with Crippen LogP contribution in [0.25, 0.3) is 0 Å². The van der Waals surface area contributed by atoms with Crippen LogP contribution in [0, 0.1) is 5.92 Å². The van der Waals surface area contributed by atoms with Crippen molar-refractivity contribution in [2.24, 2.45) is 5.92 Å². The summed E-state index contributed by atoms with van der Waals surface area (Å²) in [6, 6.07) is 1.75. The molecule has 0 spiro atoms. The Hall–Kier alpha value is 0.270. The molecule has 0 aromatic heterocycles. The van der Waals surface area contributed by atoms with Gasteiger partial charge in [0.15, 0.2) is 0 Å². The monoisotopic (exact) mass is 254 g/mol. The van der Waals surface area contributed by atoms with Gasteiger partial charge in [-0.3, -0.25) is 0 Å². The molecule has 3 atom stereocenters. The van der Waals surface area contributed by atoms with Gasteiger partial charge >= 0.3 is 0 Å². The van der Waals surface area contributed by atoms with Gasteiger partial charge in [-0.25, -0.2) is 0 Å². The highest BCUT2D eigenvalue weighted by atomic mass is 32.2. The van der Waals surface area contributed by atoms with Crippen molar-refractivity contribution in [1.29, 1.82) is 0 Å². The van der Waals surface area contributed by atoms with Crippen LogP contribution in [0.15, 0.2) is 0 Å². The molecular weight excluding hydrogens is 228 g/mol. The third-order valence-corrected chi connectivity index (χ3v) is 6.02. The predicted molar refractivity (Wildman–Crippen MR) is 75.7 cm³/mol. The van der Waals surface area contributed by atoms with E-state index in [1.54, 1.807) is 0 Å². The molecule has 2 nitrogen and oxygen atoms in total. The summed E-state index contributed by atoms with van der Waals surface area (Å²) >= 11 is 2.13. The zero-order valence-electron chi connectivity index (χ0n) is 10.9. The van der Waals surface area contributed by atoms with Crippen LogP contribution in [-0.2, 0) is 0 Å². The molecule has 2 saturated heterocycles. The fourth-order valence-corrected chi connectivity index (χ4v) is 4.91. The van der Waals surface area contributed by atoms with Crippen LogP contribution in [0.3, 0.4) is 0 Å². The summed E-state index contributed by atoms with van der Waals surface area (Å²) < 4.78 is 0. The number of nitrogens with zero attached hydrogens (tertiary/aromatic N) is 1. The van der Waals surface area contributed by atoms with Gasteiger partial charge in [-0.1, -0.05) is 12.8 Å². The predicted octanol–water partition coefficient (Wildman–Crippen LogP) is 2.35. The number of thioether (sulfide) groups is 1. The topological polar surface area (TPSA) is 15.3 Å². The summed E-state index contributed by atoms with van der Waals surface area (Å²) in [6.07, 6.45) is 8.83. The number of nitrogens with one attached hydrogen (secondary N) is 1. The fraction of sp³-hybridized carbons (Fsp3) is 1.00. The van der Waals surface area contributed by atoms with Crippen LogP contribution in [-0.4, -0.2) is 48.1 Å². The molecule has 0 aromatic carbocycles. The standard InChI is InChI=1S/C14H26N2S/c1-2-4-14-12(3-1)5-8-16(14)9-6-13-11-17-10-7-15-13/h12-15H,1-11H2. The smallest absolute Gasteiger partial charge is 0.0170 e. The summed E-state index contributed by atoms with van der Waals surface area (Å²) in [4.78, 5) is 2.81. The Bertz CT molecular complexity index is 240. The van der Waals surface area contributed by atoms with E-state index in [1.165, 1.54) is 69.7 Å². The molecule has 0 radical (unpaired) electrons. The Kier molecular flexibility index (Phi) is 4.30. The molecule has 1 saturated carbocycles. The second-order valence-electron chi connectivity index (χ2n) is 5.95. The van der Waals surface area contributed by atoms with Crippen molar-refractivity contribution in [3.63, 3.8) is 0 Å². The lowest BCUT2D eigenvalue weighted by Crippen LogP contribution is -2.42. The van der Waals surface area contributed by atoms with Gasteiger partial charge in [-0.05, 0) is 44.7 Å². The molecule has 3 heteroatoms. The lowest BCUT2D eigenvalue weighted by molar-refractivity contribution is 0.176. The zero-order valence-corrected chi connectivity index (χ0v) is 11.7. The minimum absolute atomic E-state index is 0.788. The summed E-state index contributed by atoms with van der Waals surface area (Å²) in [7, 11) is 0. The van der Waals surface area contributed by atoms with E-state index in [2.05, 4.69) is 22.0 Å². The summed E-state index contributed by atoms with van der Waals surface area (Å²) in [6.45, 7) is 3.95. The Morgan fingerprint density at radius 3 is 3.00 bits per heavy atom. The maximum Gasteiger partial charge on any atom is 0.0170 e. The number of likely N-dealkylation sites (tertiary alicyclic amines) is 1. The molecule has 3 rings (SSSR count). The van der Waals surface area contributed by atoms with Crippen LogP contribution in [0.2, 0.25) is 0 Å². The van der Waals surface area contributed by atoms with E-state index in [1.807, 2.05) is 0 Å². The largest absolute Gasteiger partial charge is 0.312 e. The molecule has 3 unspecified atom stereocenters.